The fraction of sp³-hybridized carbons (Fsp3) is 0.333. The van der Waals surface area contributed by atoms with Gasteiger partial charge in [-0.1, -0.05) is 6.07 Å². The Morgan fingerprint density at radius 1 is 1.47 bits per heavy atom. The topological polar surface area (TPSA) is 70.1 Å². The molecule has 1 heterocycles. The Morgan fingerprint density at radius 2 is 2.18 bits per heavy atom. The third-order valence-electron chi connectivity index (χ3n) is 2.66. The number of anilines is 1. The monoisotopic (exact) mass is 233 g/mol. The van der Waals surface area contributed by atoms with E-state index in [0.29, 0.717) is 17.0 Å². The molecule has 2 rings (SSSR count). The lowest BCUT2D eigenvalue weighted by Crippen LogP contribution is -2.09. The molecule has 0 aliphatic rings. The zero-order chi connectivity index (χ0) is 12.6. The Kier molecular flexibility index (Phi) is 2.75. The van der Waals surface area contributed by atoms with Crippen LogP contribution >= 0.6 is 0 Å². The average molecular weight is 233 g/mol. The molecule has 0 saturated heterocycles. The van der Waals surface area contributed by atoms with Crippen molar-refractivity contribution >= 4 is 23.0 Å². The van der Waals surface area contributed by atoms with Gasteiger partial charge in [0.15, 0.2) is 0 Å². The number of methoxy groups -OCH3 is 1. The van der Waals surface area contributed by atoms with Gasteiger partial charge in [0.2, 0.25) is 5.95 Å². The number of nitrogens with zero attached hydrogens (tertiary/aromatic N) is 2. The van der Waals surface area contributed by atoms with Gasteiger partial charge < -0.3 is 15.0 Å². The maximum absolute atomic E-state index is 11.7. The van der Waals surface area contributed by atoms with Gasteiger partial charge in [0, 0.05) is 6.04 Å². The van der Waals surface area contributed by atoms with E-state index in [9.17, 15) is 4.79 Å². The highest BCUT2D eigenvalue weighted by atomic mass is 16.5. The Hall–Kier alpha value is -2.04. The Balaban J connectivity index is 2.81. The molecule has 0 amide bonds. The number of rotatable bonds is 2. The lowest BCUT2D eigenvalue weighted by atomic mass is 10.1. The number of esters is 1. The van der Waals surface area contributed by atoms with Crippen molar-refractivity contribution < 1.29 is 9.53 Å². The van der Waals surface area contributed by atoms with E-state index in [1.807, 2.05) is 24.5 Å². The van der Waals surface area contributed by atoms with Gasteiger partial charge in [-0.15, -0.1) is 0 Å². The first kappa shape index (κ1) is 11.4. The summed E-state index contributed by atoms with van der Waals surface area (Å²) in [7, 11) is 1.36. The van der Waals surface area contributed by atoms with E-state index in [4.69, 9.17) is 10.5 Å². The molecule has 0 bridgehead atoms. The summed E-state index contributed by atoms with van der Waals surface area (Å²) in [4.78, 5) is 16.0. The SMILES string of the molecule is COC(=O)c1cccc2nc(N)n(C(C)C)c12. The van der Waals surface area contributed by atoms with E-state index in [1.54, 1.807) is 12.1 Å². The molecule has 5 heteroatoms. The second-order valence-corrected chi connectivity index (χ2v) is 4.10. The maximum atomic E-state index is 11.7. The third kappa shape index (κ3) is 1.73. The second kappa shape index (κ2) is 4.08. The molecule has 2 N–H and O–H groups in total. The van der Waals surface area contributed by atoms with Crippen molar-refractivity contribution in [3.63, 3.8) is 0 Å². The summed E-state index contributed by atoms with van der Waals surface area (Å²) in [5.74, 6) is 0.0313. The summed E-state index contributed by atoms with van der Waals surface area (Å²) in [6.45, 7) is 3.98. The van der Waals surface area contributed by atoms with E-state index in [-0.39, 0.29) is 12.0 Å². The number of para-hydroxylation sites is 1. The van der Waals surface area contributed by atoms with Crippen molar-refractivity contribution in [1.29, 1.82) is 0 Å². The summed E-state index contributed by atoms with van der Waals surface area (Å²) in [5, 5.41) is 0. The van der Waals surface area contributed by atoms with Gasteiger partial charge in [0.05, 0.1) is 23.7 Å². The summed E-state index contributed by atoms with van der Waals surface area (Å²) in [6.07, 6.45) is 0. The first-order valence-electron chi connectivity index (χ1n) is 5.41. The number of imidazole rings is 1. The van der Waals surface area contributed by atoms with Crippen molar-refractivity contribution in [2.24, 2.45) is 0 Å². The minimum atomic E-state index is -0.377. The number of fused-ring (bicyclic) bond motifs is 1. The molecule has 0 atom stereocenters. The van der Waals surface area contributed by atoms with Gasteiger partial charge in [0.1, 0.15) is 0 Å². The van der Waals surface area contributed by atoms with Crippen LogP contribution in [0, 0.1) is 0 Å². The molecule has 0 saturated carbocycles. The van der Waals surface area contributed by atoms with Crippen molar-refractivity contribution in [2.45, 2.75) is 19.9 Å². The highest BCUT2D eigenvalue weighted by Gasteiger charge is 2.18. The normalized spacial score (nSPS) is 11.1. The van der Waals surface area contributed by atoms with Crippen LogP contribution in [0.1, 0.15) is 30.2 Å². The highest BCUT2D eigenvalue weighted by Crippen LogP contribution is 2.26. The first-order valence-corrected chi connectivity index (χ1v) is 5.41. The molecule has 1 aromatic carbocycles. The Labute approximate surface area is 99.2 Å². The molecule has 0 aliphatic heterocycles. The third-order valence-corrected chi connectivity index (χ3v) is 2.66. The van der Waals surface area contributed by atoms with Gasteiger partial charge in [-0.3, -0.25) is 0 Å². The Bertz CT molecular complexity index is 572. The number of nitrogen functional groups attached to an aromatic ring is 1. The van der Waals surface area contributed by atoms with Crippen molar-refractivity contribution in [3.8, 4) is 0 Å². The van der Waals surface area contributed by atoms with E-state index in [1.165, 1.54) is 7.11 Å². The molecule has 0 fully saturated rings. The summed E-state index contributed by atoms with van der Waals surface area (Å²) < 4.78 is 6.60. The van der Waals surface area contributed by atoms with Gasteiger partial charge >= 0.3 is 5.97 Å². The Morgan fingerprint density at radius 3 is 2.76 bits per heavy atom. The number of ether oxygens (including phenoxy) is 1. The highest BCUT2D eigenvalue weighted by molar-refractivity contribution is 6.02. The number of carbonyl (C=O) groups excluding carboxylic acids is 1. The van der Waals surface area contributed by atoms with Crippen LogP contribution in [0.3, 0.4) is 0 Å². The smallest absolute Gasteiger partial charge is 0.340 e. The fourth-order valence-electron chi connectivity index (χ4n) is 1.96. The number of nitrogens with two attached hydrogens (primary N) is 1. The van der Waals surface area contributed by atoms with Gasteiger partial charge in [-0.25, -0.2) is 9.78 Å². The largest absolute Gasteiger partial charge is 0.465 e. The van der Waals surface area contributed by atoms with Crippen LogP contribution in [0.5, 0.6) is 0 Å². The molecule has 90 valence electrons. The quantitative estimate of drug-likeness (QED) is 0.805. The van der Waals surface area contributed by atoms with Crippen LogP contribution in [-0.4, -0.2) is 22.6 Å². The van der Waals surface area contributed by atoms with Crippen molar-refractivity contribution in [1.82, 2.24) is 9.55 Å². The summed E-state index contributed by atoms with van der Waals surface area (Å²) in [6, 6.07) is 5.45. The van der Waals surface area contributed by atoms with E-state index in [2.05, 4.69) is 4.98 Å². The van der Waals surface area contributed by atoms with Crippen LogP contribution in [0.15, 0.2) is 18.2 Å². The van der Waals surface area contributed by atoms with E-state index >= 15 is 0 Å². The first-order chi connectivity index (χ1) is 8.06. The van der Waals surface area contributed by atoms with E-state index < -0.39 is 0 Å². The molecule has 1 aromatic heterocycles. The number of carbonyl (C=O) groups is 1. The molecule has 0 spiro atoms. The van der Waals surface area contributed by atoms with Gasteiger partial charge in [-0.2, -0.15) is 0 Å². The van der Waals surface area contributed by atoms with Gasteiger partial charge in [-0.05, 0) is 26.0 Å². The molecule has 5 nitrogen and oxygen atoms in total. The van der Waals surface area contributed by atoms with Gasteiger partial charge in [0.25, 0.3) is 0 Å². The number of hydrogen-bond acceptors (Lipinski definition) is 4. The minimum Gasteiger partial charge on any atom is -0.465 e. The molecule has 2 aromatic rings. The fourth-order valence-corrected chi connectivity index (χ4v) is 1.96. The van der Waals surface area contributed by atoms with Crippen LogP contribution in [0.4, 0.5) is 5.95 Å². The number of aromatic nitrogens is 2. The predicted molar refractivity (Wildman–Crippen MR) is 65.9 cm³/mol. The van der Waals surface area contributed by atoms with Crippen molar-refractivity contribution in [3.05, 3.63) is 23.8 Å². The standard InChI is InChI=1S/C12H15N3O2/c1-7(2)15-10-8(11(16)17-3)5-4-6-9(10)14-12(15)13/h4-7H,1-3H3,(H2,13,14). The zero-order valence-corrected chi connectivity index (χ0v) is 10.1. The molecular formula is C12H15N3O2. The summed E-state index contributed by atoms with van der Waals surface area (Å²) in [5.41, 5.74) is 7.79. The number of benzene rings is 1. The zero-order valence-electron chi connectivity index (χ0n) is 10.1. The van der Waals surface area contributed by atoms with Crippen LogP contribution in [-0.2, 0) is 4.74 Å². The van der Waals surface area contributed by atoms with Crippen molar-refractivity contribution in [2.75, 3.05) is 12.8 Å². The molecule has 0 aliphatic carbocycles. The van der Waals surface area contributed by atoms with E-state index in [0.717, 1.165) is 5.52 Å². The average Bonchev–Trinajstić information content (AvgIpc) is 2.63. The molecule has 0 unspecified atom stereocenters. The lowest BCUT2D eigenvalue weighted by molar-refractivity contribution is 0.0602. The summed E-state index contributed by atoms with van der Waals surface area (Å²) >= 11 is 0. The molecular weight excluding hydrogens is 218 g/mol. The van der Waals surface area contributed by atoms with Crippen LogP contribution in [0.2, 0.25) is 0 Å². The predicted octanol–water partition coefficient (Wildman–Crippen LogP) is 1.99. The molecule has 0 radical (unpaired) electrons. The molecule has 17 heavy (non-hydrogen) atoms. The van der Waals surface area contributed by atoms with Crippen LogP contribution < -0.4 is 5.73 Å². The lowest BCUT2D eigenvalue weighted by Gasteiger charge is -2.12. The minimum absolute atomic E-state index is 0.130. The second-order valence-electron chi connectivity index (χ2n) is 4.10. The van der Waals surface area contributed by atoms with Crippen LogP contribution in [0.25, 0.3) is 11.0 Å². The number of hydrogen-bond donors (Lipinski definition) is 1. The maximum Gasteiger partial charge on any atom is 0.340 e.